The summed E-state index contributed by atoms with van der Waals surface area (Å²) in [5, 5.41) is 13.5. The van der Waals surface area contributed by atoms with E-state index in [1.807, 2.05) is 5.32 Å². The van der Waals surface area contributed by atoms with Gasteiger partial charge < -0.3 is 10.1 Å². The zero-order chi connectivity index (χ0) is 18.3. The highest BCUT2D eigenvalue weighted by Gasteiger charge is 2.31. The summed E-state index contributed by atoms with van der Waals surface area (Å²) < 4.78 is 42.7. The molecule has 0 saturated heterocycles. The number of aryl methyl sites for hydroxylation is 1. The first kappa shape index (κ1) is 19.3. The van der Waals surface area contributed by atoms with Crippen molar-refractivity contribution < 1.29 is 27.5 Å². The van der Waals surface area contributed by atoms with Gasteiger partial charge in [0.15, 0.2) is 0 Å². The van der Waals surface area contributed by atoms with E-state index in [1.54, 1.807) is 19.9 Å². The highest BCUT2D eigenvalue weighted by atomic mass is 19.4. The highest BCUT2D eigenvalue weighted by molar-refractivity contribution is 5.94. The number of hydrogen-bond acceptors (Lipinski definition) is 5. The van der Waals surface area contributed by atoms with E-state index in [4.69, 9.17) is 5.26 Å². The summed E-state index contributed by atoms with van der Waals surface area (Å²) >= 11 is 0. The average molecular weight is 343 g/mol. The SMILES string of the molecule is CCOC(=O)NC(=O)C(C#N)CNc1cc(C(F)(F)F)ccc1C. The molecule has 0 aliphatic carbocycles. The van der Waals surface area contributed by atoms with E-state index in [9.17, 15) is 22.8 Å². The van der Waals surface area contributed by atoms with Crippen molar-refractivity contribution in [3.05, 3.63) is 29.3 Å². The number of halogens is 3. The Morgan fingerprint density at radius 1 is 1.38 bits per heavy atom. The molecule has 0 aliphatic heterocycles. The Bertz CT molecular complexity index is 654. The van der Waals surface area contributed by atoms with E-state index in [0.717, 1.165) is 12.1 Å². The van der Waals surface area contributed by atoms with Gasteiger partial charge in [-0.2, -0.15) is 18.4 Å². The van der Waals surface area contributed by atoms with E-state index in [1.165, 1.54) is 6.07 Å². The number of alkyl carbamates (subject to hydrolysis) is 1. The number of nitrogens with zero attached hydrogens (tertiary/aromatic N) is 1. The van der Waals surface area contributed by atoms with Crippen LogP contribution in [0.25, 0.3) is 0 Å². The Labute approximate surface area is 136 Å². The lowest BCUT2D eigenvalue weighted by Crippen LogP contribution is -2.38. The van der Waals surface area contributed by atoms with Crippen molar-refractivity contribution in [2.24, 2.45) is 5.92 Å². The number of rotatable bonds is 5. The van der Waals surface area contributed by atoms with Crippen LogP contribution in [0.5, 0.6) is 0 Å². The average Bonchev–Trinajstić information content (AvgIpc) is 2.48. The second kappa shape index (κ2) is 8.19. The number of ether oxygens (including phenoxy) is 1. The van der Waals surface area contributed by atoms with Gasteiger partial charge in [0.25, 0.3) is 0 Å². The number of hydrogen-bond donors (Lipinski definition) is 2. The van der Waals surface area contributed by atoms with E-state index < -0.39 is 29.7 Å². The first-order valence-electron chi connectivity index (χ1n) is 6.98. The molecule has 0 saturated carbocycles. The van der Waals surface area contributed by atoms with E-state index in [0.29, 0.717) is 5.56 Å². The van der Waals surface area contributed by atoms with Gasteiger partial charge in [0.2, 0.25) is 5.91 Å². The summed E-state index contributed by atoms with van der Waals surface area (Å²) in [6.45, 7) is 2.92. The van der Waals surface area contributed by atoms with Crippen LogP contribution in [0.2, 0.25) is 0 Å². The van der Waals surface area contributed by atoms with Gasteiger partial charge in [0.05, 0.1) is 18.2 Å². The molecule has 130 valence electrons. The number of imide groups is 1. The molecule has 24 heavy (non-hydrogen) atoms. The first-order valence-corrected chi connectivity index (χ1v) is 6.98. The topological polar surface area (TPSA) is 91.2 Å². The Kier molecular flexibility index (Phi) is 6.58. The van der Waals surface area contributed by atoms with Crippen molar-refractivity contribution in [1.82, 2.24) is 5.32 Å². The molecule has 0 bridgehead atoms. The second-order valence-corrected chi connectivity index (χ2v) is 4.80. The molecule has 1 atom stereocenters. The molecule has 0 aromatic heterocycles. The number of nitrogens with one attached hydrogen (secondary N) is 2. The fourth-order valence-electron chi connectivity index (χ4n) is 1.75. The van der Waals surface area contributed by atoms with E-state index in [-0.39, 0.29) is 18.8 Å². The molecule has 1 aromatic rings. The minimum atomic E-state index is -4.50. The zero-order valence-electron chi connectivity index (χ0n) is 13.0. The third-order valence-electron chi connectivity index (χ3n) is 3.03. The molecule has 0 fully saturated rings. The van der Waals surface area contributed by atoms with Crippen LogP contribution in [0.1, 0.15) is 18.1 Å². The van der Waals surface area contributed by atoms with Crippen LogP contribution < -0.4 is 10.6 Å². The van der Waals surface area contributed by atoms with Gasteiger partial charge in [-0.1, -0.05) is 6.07 Å². The maximum absolute atomic E-state index is 12.7. The van der Waals surface area contributed by atoms with Crippen LogP contribution in [-0.2, 0) is 15.7 Å². The van der Waals surface area contributed by atoms with Crippen molar-refractivity contribution in [3.8, 4) is 6.07 Å². The molecule has 0 heterocycles. The molecule has 2 amide bonds. The molecular weight excluding hydrogens is 327 g/mol. The van der Waals surface area contributed by atoms with Gasteiger partial charge in [-0.15, -0.1) is 0 Å². The standard InChI is InChI=1S/C15H16F3N3O3/c1-3-24-14(23)21-13(22)10(7-19)8-20-12-6-11(15(16,17)18)5-4-9(12)2/h4-6,10,20H,3,8H2,1-2H3,(H,21,22,23). The van der Waals surface area contributed by atoms with Crippen LogP contribution in [0.3, 0.4) is 0 Å². The van der Waals surface area contributed by atoms with E-state index in [2.05, 4.69) is 10.1 Å². The minimum Gasteiger partial charge on any atom is -0.450 e. The molecule has 1 rings (SSSR count). The number of carbonyl (C=O) groups excluding carboxylic acids is 2. The maximum atomic E-state index is 12.7. The lowest BCUT2D eigenvalue weighted by atomic mass is 10.1. The van der Waals surface area contributed by atoms with Crippen molar-refractivity contribution in [2.75, 3.05) is 18.5 Å². The Morgan fingerprint density at radius 3 is 2.58 bits per heavy atom. The molecule has 0 spiro atoms. The maximum Gasteiger partial charge on any atom is 0.416 e. The quantitative estimate of drug-likeness (QED) is 0.858. The Morgan fingerprint density at radius 2 is 2.04 bits per heavy atom. The molecule has 1 unspecified atom stereocenters. The lowest BCUT2D eigenvalue weighted by molar-refractivity contribution is -0.137. The predicted molar refractivity (Wildman–Crippen MR) is 78.9 cm³/mol. The van der Waals surface area contributed by atoms with Gasteiger partial charge >= 0.3 is 12.3 Å². The van der Waals surface area contributed by atoms with Crippen molar-refractivity contribution in [2.45, 2.75) is 20.0 Å². The molecular formula is C15H16F3N3O3. The van der Waals surface area contributed by atoms with Gasteiger partial charge in [-0.3, -0.25) is 10.1 Å². The molecule has 1 aromatic carbocycles. The van der Waals surface area contributed by atoms with Crippen LogP contribution in [-0.4, -0.2) is 25.2 Å². The van der Waals surface area contributed by atoms with Crippen molar-refractivity contribution >= 4 is 17.7 Å². The normalized spacial score (nSPS) is 12.0. The fourth-order valence-corrected chi connectivity index (χ4v) is 1.75. The summed E-state index contributed by atoms with van der Waals surface area (Å²) in [5.41, 5.74) is -0.181. The Hall–Kier alpha value is -2.76. The number of anilines is 1. The molecule has 0 aliphatic rings. The number of benzene rings is 1. The number of carbonyl (C=O) groups is 2. The van der Waals surface area contributed by atoms with Gasteiger partial charge in [-0.25, -0.2) is 4.79 Å². The van der Waals surface area contributed by atoms with Crippen LogP contribution in [0, 0.1) is 24.2 Å². The highest BCUT2D eigenvalue weighted by Crippen LogP contribution is 2.32. The van der Waals surface area contributed by atoms with E-state index >= 15 is 0 Å². The summed E-state index contributed by atoms with van der Waals surface area (Å²) in [6.07, 6.45) is -5.49. The summed E-state index contributed by atoms with van der Waals surface area (Å²) in [4.78, 5) is 22.9. The molecule has 0 radical (unpaired) electrons. The summed E-state index contributed by atoms with van der Waals surface area (Å²) in [5.74, 6) is -2.17. The summed E-state index contributed by atoms with van der Waals surface area (Å²) in [6, 6.07) is 4.80. The second-order valence-electron chi connectivity index (χ2n) is 4.80. The third-order valence-corrected chi connectivity index (χ3v) is 3.03. The first-order chi connectivity index (χ1) is 11.2. The largest absolute Gasteiger partial charge is 0.450 e. The van der Waals surface area contributed by atoms with Crippen molar-refractivity contribution in [1.29, 1.82) is 5.26 Å². The van der Waals surface area contributed by atoms with Crippen LogP contribution in [0.15, 0.2) is 18.2 Å². The Balaban J connectivity index is 2.78. The fraction of sp³-hybridized carbons (Fsp3) is 0.400. The van der Waals surface area contributed by atoms with Crippen LogP contribution in [0.4, 0.5) is 23.7 Å². The monoisotopic (exact) mass is 343 g/mol. The minimum absolute atomic E-state index is 0.0536. The van der Waals surface area contributed by atoms with Crippen molar-refractivity contribution in [3.63, 3.8) is 0 Å². The smallest absolute Gasteiger partial charge is 0.416 e. The predicted octanol–water partition coefficient (Wildman–Crippen LogP) is 2.84. The number of amides is 2. The summed E-state index contributed by atoms with van der Waals surface area (Å²) in [7, 11) is 0. The molecule has 2 N–H and O–H groups in total. The lowest BCUT2D eigenvalue weighted by Gasteiger charge is -2.15. The third kappa shape index (κ3) is 5.46. The number of nitriles is 1. The molecule has 9 heteroatoms. The number of alkyl halides is 3. The molecule has 6 nitrogen and oxygen atoms in total. The van der Waals surface area contributed by atoms with Gasteiger partial charge in [-0.05, 0) is 31.5 Å². The van der Waals surface area contributed by atoms with Gasteiger partial charge in [0, 0.05) is 12.2 Å². The zero-order valence-corrected chi connectivity index (χ0v) is 13.0. The van der Waals surface area contributed by atoms with Gasteiger partial charge in [0.1, 0.15) is 5.92 Å². The van der Waals surface area contributed by atoms with Crippen LogP contribution >= 0.6 is 0 Å².